The Bertz CT molecular complexity index is 759. The molecule has 0 saturated carbocycles. The Balaban J connectivity index is 2.12. The molecule has 2 aromatic rings. The van der Waals surface area contributed by atoms with Crippen LogP contribution in [-0.2, 0) is 11.3 Å². The lowest BCUT2D eigenvalue weighted by Crippen LogP contribution is -2.19. The topological polar surface area (TPSA) is 133 Å². The van der Waals surface area contributed by atoms with Crippen LogP contribution in [0.1, 0.15) is 0 Å². The maximum absolute atomic E-state index is 11.8. The second-order valence-electron chi connectivity index (χ2n) is 4.12. The minimum absolute atomic E-state index is 0.0268. The molecule has 0 unspecified atom stereocenters. The Kier molecular flexibility index (Phi) is 4.32. The summed E-state index contributed by atoms with van der Waals surface area (Å²) in [6.07, 6.45) is 2.08. The molecule has 1 N–H and O–H groups in total. The number of hydrogen-bond acceptors (Lipinski definition) is 6. The molecule has 1 amide bonds. The fourth-order valence-electron chi connectivity index (χ4n) is 1.63. The van der Waals surface area contributed by atoms with Gasteiger partial charge in [-0.3, -0.25) is 29.7 Å². The number of hydrogen-bond donors (Lipinski definition) is 1. The van der Waals surface area contributed by atoms with E-state index in [0.717, 1.165) is 23.1 Å². The lowest BCUT2D eigenvalue weighted by atomic mass is 10.2. The second-order valence-corrected chi connectivity index (χ2v) is 4.56. The first-order chi connectivity index (χ1) is 10.4. The van der Waals surface area contributed by atoms with Crippen molar-refractivity contribution >= 4 is 34.6 Å². The SMILES string of the molecule is O=C(Cn1cc([N+](=O)[O-])cn1)Nc1ccc(Cl)cc1[N+](=O)[O-]. The minimum atomic E-state index is -0.680. The van der Waals surface area contributed by atoms with Gasteiger partial charge in [0.2, 0.25) is 5.91 Å². The van der Waals surface area contributed by atoms with Crippen molar-refractivity contribution in [3.05, 3.63) is 55.8 Å². The van der Waals surface area contributed by atoms with Crippen LogP contribution >= 0.6 is 11.6 Å². The van der Waals surface area contributed by atoms with Gasteiger partial charge >= 0.3 is 5.69 Å². The van der Waals surface area contributed by atoms with Crippen LogP contribution in [0.4, 0.5) is 17.1 Å². The van der Waals surface area contributed by atoms with E-state index in [9.17, 15) is 25.0 Å². The summed E-state index contributed by atoms with van der Waals surface area (Å²) in [5.41, 5.74) is -0.640. The van der Waals surface area contributed by atoms with Crippen molar-refractivity contribution in [3.63, 3.8) is 0 Å². The summed E-state index contributed by atoms with van der Waals surface area (Å²) < 4.78 is 1.05. The lowest BCUT2D eigenvalue weighted by molar-refractivity contribution is -0.385. The quantitative estimate of drug-likeness (QED) is 0.660. The van der Waals surface area contributed by atoms with Crippen molar-refractivity contribution < 1.29 is 14.6 Å². The number of rotatable bonds is 5. The van der Waals surface area contributed by atoms with E-state index in [1.54, 1.807) is 0 Å². The molecule has 0 aliphatic carbocycles. The van der Waals surface area contributed by atoms with Gasteiger partial charge in [-0.25, -0.2) is 0 Å². The predicted molar refractivity (Wildman–Crippen MR) is 75.6 cm³/mol. The highest BCUT2D eigenvalue weighted by Crippen LogP contribution is 2.27. The highest BCUT2D eigenvalue weighted by molar-refractivity contribution is 6.31. The summed E-state index contributed by atoms with van der Waals surface area (Å²) in [7, 11) is 0. The third-order valence-corrected chi connectivity index (χ3v) is 2.80. The van der Waals surface area contributed by atoms with Gasteiger partial charge < -0.3 is 5.32 Å². The number of anilines is 1. The van der Waals surface area contributed by atoms with Crippen molar-refractivity contribution in [1.29, 1.82) is 0 Å². The normalized spacial score (nSPS) is 10.2. The number of nitrogens with zero attached hydrogens (tertiary/aromatic N) is 4. The van der Waals surface area contributed by atoms with Crippen LogP contribution in [0, 0.1) is 20.2 Å². The Labute approximate surface area is 127 Å². The summed E-state index contributed by atoms with van der Waals surface area (Å²) in [5, 5.41) is 27.5. The molecule has 0 radical (unpaired) electrons. The minimum Gasteiger partial charge on any atom is -0.319 e. The van der Waals surface area contributed by atoms with E-state index < -0.39 is 15.8 Å². The highest BCUT2D eigenvalue weighted by Gasteiger charge is 2.17. The Hall–Kier alpha value is -3.01. The molecule has 22 heavy (non-hydrogen) atoms. The fourth-order valence-corrected chi connectivity index (χ4v) is 1.80. The van der Waals surface area contributed by atoms with Gasteiger partial charge in [-0.15, -0.1) is 0 Å². The zero-order valence-electron chi connectivity index (χ0n) is 10.8. The third-order valence-electron chi connectivity index (χ3n) is 2.57. The molecule has 0 aliphatic rings. The molecule has 2 rings (SSSR count). The molecule has 1 heterocycles. The highest BCUT2D eigenvalue weighted by atomic mass is 35.5. The number of nitro benzene ring substituents is 1. The largest absolute Gasteiger partial charge is 0.319 e. The molecule has 0 spiro atoms. The average molecular weight is 326 g/mol. The van der Waals surface area contributed by atoms with Gasteiger partial charge in [-0.05, 0) is 12.1 Å². The average Bonchev–Trinajstić information content (AvgIpc) is 2.89. The van der Waals surface area contributed by atoms with Crippen LogP contribution < -0.4 is 5.32 Å². The van der Waals surface area contributed by atoms with E-state index in [-0.39, 0.29) is 28.6 Å². The first kappa shape index (κ1) is 15.4. The molecule has 10 nitrogen and oxygen atoms in total. The van der Waals surface area contributed by atoms with E-state index in [1.165, 1.54) is 12.1 Å². The molecular weight excluding hydrogens is 318 g/mol. The smallest absolute Gasteiger partial charge is 0.307 e. The molecule has 1 aromatic carbocycles. The molecule has 0 aliphatic heterocycles. The van der Waals surface area contributed by atoms with Crippen molar-refractivity contribution in [3.8, 4) is 0 Å². The monoisotopic (exact) mass is 325 g/mol. The van der Waals surface area contributed by atoms with Gasteiger partial charge in [0.05, 0.1) is 9.85 Å². The number of nitrogens with one attached hydrogen (secondary N) is 1. The van der Waals surface area contributed by atoms with Crippen LogP contribution in [-0.4, -0.2) is 25.5 Å². The van der Waals surface area contributed by atoms with Crippen LogP contribution in [0.2, 0.25) is 5.02 Å². The van der Waals surface area contributed by atoms with Gasteiger partial charge in [-0.2, -0.15) is 5.10 Å². The summed E-state index contributed by atoms with van der Waals surface area (Å²) in [6.45, 7) is -0.326. The molecule has 0 saturated heterocycles. The van der Waals surface area contributed by atoms with E-state index in [0.29, 0.717) is 0 Å². The Morgan fingerprint density at radius 3 is 2.64 bits per heavy atom. The number of carbonyl (C=O) groups is 1. The van der Waals surface area contributed by atoms with E-state index in [1.807, 2.05) is 0 Å². The van der Waals surface area contributed by atoms with Crippen LogP contribution in [0.15, 0.2) is 30.6 Å². The van der Waals surface area contributed by atoms with E-state index in [2.05, 4.69) is 10.4 Å². The van der Waals surface area contributed by atoms with Crippen LogP contribution in [0.3, 0.4) is 0 Å². The second kappa shape index (κ2) is 6.18. The molecule has 0 bridgehead atoms. The van der Waals surface area contributed by atoms with Crippen LogP contribution in [0.5, 0.6) is 0 Å². The molecule has 114 valence electrons. The molecule has 0 fully saturated rings. The van der Waals surface area contributed by atoms with Gasteiger partial charge in [0.15, 0.2) is 0 Å². The number of benzene rings is 1. The maximum Gasteiger partial charge on any atom is 0.307 e. The van der Waals surface area contributed by atoms with Gasteiger partial charge in [0, 0.05) is 11.1 Å². The van der Waals surface area contributed by atoms with Crippen LogP contribution in [0.25, 0.3) is 0 Å². The fraction of sp³-hybridized carbons (Fsp3) is 0.0909. The van der Waals surface area contributed by atoms with Crippen molar-refractivity contribution in [2.45, 2.75) is 6.54 Å². The number of aromatic nitrogens is 2. The Morgan fingerprint density at radius 2 is 2.05 bits per heavy atom. The molecule has 0 atom stereocenters. The summed E-state index contributed by atoms with van der Waals surface area (Å²) in [5.74, 6) is -0.622. The number of halogens is 1. The summed E-state index contributed by atoms with van der Waals surface area (Å²) in [6, 6.07) is 3.79. The van der Waals surface area contributed by atoms with Gasteiger partial charge in [-0.1, -0.05) is 11.6 Å². The first-order valence-corrected chi connectivity index (χ1v) is 6.15. The maximum atomic E-state index is 11.8. The summed E-state index contributed by atoms with van der Waals surface area (Å²) >= 11 is 5.66. The zero-order chi connectivity index (χ0) is 16.3. The molecule has 11 heteroatoms. The molecule has 1 aromatic heterocycles. The van der Waals surface area contributed by atoms with Gasteiger partial charge in [0.25, 0.3) is 5.69 Å². The van der Waals surface area contributed by atoms with Crippen molar-refractivity contribution in [2.24, 2.45) is 0 Å². The van der Waals surface area contributed by atoms with E-state index in [4.69, 9.17) is 11.6 Å². The summed E-state index contributed by atoms with van der Waals surface area (Å²) in [4.78, 5) is 31.9. The first-order valence-electron chi connectivity index (χ1n) is 5.77. The zero-order valence-corrected chi connectivity index (χ0v) is 11.6. The Morgan fingerprint density at radius 1 is 1.32 bits per heavy atom. The van der Waals surface area contributed by atoms with Crippen molar-refractivity contribution in [1.82, 2.24) is 9.78 Å². The lowest BCUT2D eigenvalue weighted by Gasteiger charge is -2.06. The standard InChI is InChI=1S/C11H8ClN5O5/c12-7-1-2-9(10(3-7)17(21)22)14-11(18)6-15-5-8(4-13-15)16(19)20/h1-5H,6H2,(H,14,18). The van der Waals surface area contributed by atoms with E-state index >= 15 is 0 Å². The number of amides is 1. The third kappa shape index (κ3) is 3.55. The number of nitro groups is 2. The molecular formula is C11H8ClN5O5. The predicted octanol–water partition coefficient (Wildman–Crippen LogP) is 1.99. The van der Waals surface area contributed by atoms with Gasteiger partial charge in [0.1, 0.15) is 24.6 Å². The van der Waals surface area contributed by atoms with Crippen molar-refractivity contribution in [2.75, 3.05) is 5.32 Å². The number of carbonyl (C=O) groups excluding carboxylic acids is 1.